The fraction of sp³-hybridized carbons (Fsp3) is 0.714. The van der Waals surface area contributed by atoms with Gasteiger partial charge in [0.2, 0.25) is 0 Å². The van der Waals surface area contributed by atoms with E-state index in [2.05, 4.69) is 13.2 Å². The Morgan fingerprint density at radius 2 is 1.29 bits per heavy atom. The second kappa shape index (κ2) is 11.3. The Labute approximate surface area is 167 Å². The summed E-state index contributed by atoms with van der Waals surface area (Å²) in [4.78, 5) is 22.7. The van der Waals surface area contributed by atoms with Crippen LogP contribution >= 0.6 is 0 Å². The van der Waals surface area contributed by atoms with E-state index in [-0.39, 0.29) is 24.1 Å². The molecule has 2 aliphatic heterocycles. The van der Waals surface area contributed by atoms with Gasteiger partial charge in [0.05, 0.1) is 25.9 Å². The van der Waals surface area contributed by atoms with Crippen LogP contribution in [-0.2, 0) is 33.3 Å². The van der Waals surface area contributed by atoms with E-state index in [1.165, 1.54) is 0 Å². The summed E-state index contributed by atoms with van der Waals surface area (Å²) in [7, 11) is 0. The van der Waals surface area contributed by atoms with Crippen LogP contribution in [-0.4, -0.2) is 62.8 Å². The van der Waals surface area contributed by atoms with Crippen molar-refractivity contribution in [2.24, 2.45) is 0 Å². The van der Waals surface area contributed by atoms with Crippen LogP contribution in [0.5, 0.6) is 0 Å². The molecular weight excluding hydrogens is 364 g/mol. The Balaban J connectivity index is 0.000000233. The van der Waals surface area contributed by atoms with E-state index >= 15 is 0 Å². The second-order valence-electron chi connectivity index (χ2n) is 7.54. The van der Waals surface area contributed by atoms with E-state index < -0.39 is 0 Å². The molecule has 0 aromatic heterocycles. The third kappa shape index (κ3) is 9.48. The van der Waals surface area contributed by atoms with Crippen molar-refractivity contribution in [2.75, 3.05) is 26.4 Å². The maximum atomic E-state index is 11.3. The molecule has 7 nitrogen and oxygen atoms in total. The Hall–Kier alpha value is -1.70. The van der Waals surface area contributed by atoms with Gasteiger partial charge in [0.1, 0.15) is 18.3 Å². The molecule has 0 aromatic rings. The van der Waals surface area contributed by atoms with E-state index in [9.17, 15) is 9.59 Å². The van der Waals surface area contributed by atoms with Crippen molar-refractivity contribution in [1.82, 2.24) is 0 Å². The highest BCUT2D eigenvalue weighted by atomic mass is 16.6. The first kappa shape index (κ1) is 22.6. The molecule has 1 saturated carbocycles. The van der Waals surface area contributed by atoms with E-state index in [4.69, 9.17) is 23.7 Å². The monoisotopic (exact) mass is 396 g/mol. The van der Waals surface area contributed by atoms with Crippen LogP contribution in [0.1, 0.15) is 46.0 Å². The number of hydrogen-bond donors (Lipinski definition) is 0. The van der Waals surface area contributed by atoms with Gasteiger partial charge in [0, 0.05) is 17.8 Å². The lowest BCUT2D eigenvalue weighted by Gasteiger charge is -2.28. The third-order valence-electron chi connectivity index (χ3n) is 4.56. The van der Waals surface area contributed by atoms with Gasteiger partial charge in [-0.2, -0.15) is 0 Å². The van der Waals surface area contributed by atoms with E-state index in [1.54, 1.807) is 13.8 Å². The van der Waals surface area contributed by atoms with Gasteiger partial charge in [0.15, 0.2) is 0 Å². The van der Waals surface area contributed by atoms with Crippen molar-refractivity contribution < 1.29 is 33.3 Å². The van der Waals surface area contributed by atoms with E-state index in [0.29, 0.717) is 49.0 Å². The molecule has 7 heteroatoms. The minimum atomic E-state index is -0.350. The molecule has 3 rings (SSSR count). The van der Waals surface area contributed by atoms with Gasteiger partial charge in [-0.1, -0.05) is 13.2 Å². The van der Waals surface area contributed by atoms with Crippen LogP contribution in [0.2, 0.25) is 0 Å². The van der Waals surface area contributed by atoms with Gasteiger partial charge >= 0.3 is 11.9 Å². The highest BCUT2D eigenvalue weighted by molar-refractivity contribution is 5.87. The zero-order valence-electron chi connectivity index (χ0n) is 16.9. The third-order valence-corrected chi connectivity index (χ3v) is 4.56. The lowest BCUT2D eigenvalue weighted by atomic mass is 9.95. The Morgan fingerprint density at radius 3 is 1.64 bits per heavy atom. The molecule has 0 radical (unpaired) electrons. The van der Waals surface area contributed by atoms with Gasteiger partial charge in [-0.3, -0.25) is 0 Å². The van der Waals surface area contributed by atoms with Gasteiger partial charge < -0.3 is 23.7 Å². The van der Waals surface area contributed by atoms with Crippen LogP contribution in [0.4, 0.5) is 0 Å². The van der Waals surface area contributed by atoms with Gasteiger partial charge in [-0.25, -0.2) is 9.59 Å². The smallest absolute Gasteiger partial charge is 0.333 e. The molecule has 28 heavy (non-hydrogen) atoms. The van der Waals surface area contributed by atoms with E-state index in [1.807, 2.05) is 0 Å². The number of carbonyl (C=O) groups is 2. The van der Waals surface area contributed by atoms with Crippen molar-refractivity contribution in [3.05, 3.63) is 24.3 Å². The van der Waals surface area contributed by atoms with Gasteiger partial charge in [-0.05, 0) is 46.0 Å². The van der Waals surface area contributed by atoms with Crippen molar-refractivity contribution >= 4 is 11.9 Å². The molecule has 2 heterocycles. The number of ether oxygens (including phenoxy) is 5. The summed E-state index contributed by atoms with van der Waals surface area (Å²) in [5, 5.41) is 0. The number of epoxide rings is 2. The molecule has 3 fully saturated rings. The maximum Gasteiger partial charge on any atom is 0.333 e. The lowest BCUT2D eigenvalue weighted by Crippen LogP contribution is -2.30. The molecule has 0 aromatic carbocycles. The first-order chi connectivity index (χ1) is 13.3. The SMILES string of the molecule is C(CC1CO1)OCC1CO1.C=C(C)C(=O)OC1CCC(OC(=O)C(=C)C)CC1. The summed E-state index contributed by atoms with van der Waals surface area (Å²) in [6.07, 6.45) is 4.64. The molecule has 1 aliphatic carbocycles. The van der Waals surface area contributed by atoms with Gasteiger partial charge in [0.25, 0.3) is 0 Å². The van der Waals surface area contributed by atoms with Crippen molar-refractivity contribution in [3.8, 4) is 0 Å². The average molecular weight is 396 g/mol. The predicted octanol–water partition coefficient (Wildman–Crippen LogP) is 2.73. The van der Waals surface area contributed by atoms with Crippen LogP contribution in [0.25, 0.3) is 0 Å². The molecule has 0 bridgehead atoms. The van der Waals surface area contributed by atoms with Gasteiger partial charge in [-0.15, -0.1) is 0 Å². The first-order valence-corrected chi connectivity index (χ1v) is 9.89. The molecule has 2 saturated heterocycles. The van der Waals surface area contributed by atoms with Crippen LogP contribution in [0, 0.1) is 0 Å². The standard InChI is InChI=1S/C14H20O4.C7H12O3/c1-9(2)13(15)17-11-5-7-12(8-6-11)18-14(16)10(3)4;1(6-4-9-6)2-8-3-7-5-10-7/h11-12H,1,3,5-8H2,2,4H3;6-7H,1-5H2. The molecular formula is C21H32O7. The molecule has 0 amide bonds. The quantitative estimate of drug-likeness (QED) is 0.256. The fourth-order valence-electron chi connectivity index (χ4n) is 2.60. The minimum Gasteiger partial charge on any atom is -0.459 e. The Morgan fingerprint density at radius 1 is 0.857 bits per heavy atom. The molecule has 0 N–H and O–H groups in total. The van der Waals surface area contributed by atoms with E-state index in [0.717, 1.165) is 32.8 Å². The summed E-state index contributed by atoms with van der Waals surface area (Å²) in [6.45, 7) is 13.8. The average Bonchev–Trinajstić information content (AvgIpc) is 3.55. The zero-order chi connectivity index (χ0) is 20.5. The summed E-state index contributed by atoms with van der Waals surface area (Å²) >= 11 is 0. The fourth-order valence-corrected chi connectivity index (χ4v) is 2.60. The largest absolute Gasteiger partial charge is 0.459 e. The normalized spacial score (nSPS) is 27.6. The topological polar surface area (TPSA) is 86.9 Å². The molecule has 2 atom stereocenters. The highest BCUT2D eigenvalue weighted by Crippen LogP contribution is 2.24. The predicted molar refractivity (Wildman–Crippen MR) is 103 cm³/mol. The summed E-state index contributed by atoms with van der Waals surface area (Å²) < 4.78 is 25.8. The molecule has 3 aliphatic rings. The summed E-state index contributed by atoms with van der Waals surface area (Å²) in [6, 6.07) is 0. The number of esters is 2. The number of rotatable bonds is 9. The summed E-state index contributed by atoms with van der Waals surface area (Å²) in [5.41, 5.74) is 0.816. The van der Waals surface area contributed by atoms with Crippen LogP contribution in [0.15, 0.2) is 24.3 Å². The minimum absolute atomic E-state index is 0.0889. The lowest BCUT2D eigenvalue weighted by molar-refractivity contribution is -0.153. The second-order valence-corrected chi connectivity index (χ2v) is 7.54. The first-order valence-electron chi connectivity index (χ1n) is 9.89. The Kier molecular flexibility index (Phi) is 9.15. The highest BCUT2D eigenvalue weighted by Gasteiger charge is 2.26. The van der Waals surface area contributed by atoms with Crippen molar-refractivity contribution in [1.29, 1.82) is 0 Å². The Bertz CT molecular complexity index is 505. The van der Waals surface area contributed by atoms with Crippen LogP contribution < -0.4 is 0 Å². The number of carbonyl (C=O) groups excluding carboxylic acids is 2. The molecule has 158 valence electrons. The van der Waals surface area contributed by atoms with Crippen LogP contribution in [0.3, 0.4) is 0 Å². The zero-order valence-corrected chi connectivity index (χ0v) is 16.9. The maximum absolute atomic E-state index is 11.3. The molecule has 0 spiro atoms. The number of hydrogen-bond acceptors (Lipinski definition) is 7. The van der Waals surface area contributed by atoms with Crippen molar-refractivity contribution in [3.63, 3.8) is 0 Å². The summed E-state index contributed by atoms with van der Waals surface area (Å²) in [5.74, 6) is -0.699. The van der Waals surface area contributed by atoms with Crippen molar-refractivity contribution in [2.45, 2.75) is 70.4 Å². The molecule has 2 unspecified atom stereocenters.